The van der Waals surface area contributed by atoms with Gasteiger partial charge in [-0.3, -0.25) is 0 Å². The first-order valence-corrected chi connectivity index (χ1v) is 11.2. The van der Waals surface area contributed by atoms with E-state index in [1.54, 1.807) is 24.3 Å². The van der Waals surface area contributed by atoms with Gasteiger partial charge in [0.15, 0.2) is 0 Å². The Hall–Kier alpha value is -3.27. The summed E-state index contributed by atoms with van der Waals surface area (Å²) < 4.78 is 28.8. The first-order chi connectivity index (χ1) is 14.3. The number of nitriles is 1. The molecule has 3 aromatic rings. The van der Waals surface area contributed by atoms with Crippen LogP contribution in [0.15, 0.2) is 71.6 Å². The van der Waals surface area contributed by atoms with Crippen LogP contribution in [0.1, 0.15) is 11.1 Å². The van der Waals surface area contributed by atoms with Gasteiger partial charge < -0.3 is 0 Å². The second-order valence-corrected chi connectivity index (χ2v) is 9.01. The second-order valence-electron chi connectivity index (χ2n) is 6.32. The fraction of sp³-hybridized carbons (Fsp3) is 0.0476. The minimum Gasteiger partial charge on any atom is -0.0622 e. The van der Waals surface area contributed by atoms with Crippen molar-refractivity contribution in [1.29, 1.82) is 5.26 Å². The number of hydrogen-bond acceptors (Lipinski definition) is 4. The van der Waals surface area contributed by atoms with Gasteiger partial charge in [0.2, 0.25) is 0 Å². The van der Waals surface area contributed by atoms with Crippen LogP contribution in [0.2, 0.25) is 0 Å². The summed E-state index contributed by atoms with van der Waals surface area (Å²) in [6, 6.07) is 19.1. The molecule has 0 fully saturated rings. The molecule has 0 aliphatic rings. The number of amides is 2. The monoisotopic (exact) mass is 480 g/mol. The van der Waals surface area contributed by atoms with Gasteiger partial charge in [-0.15, -0.1) is 0 Å². The van der Waals surface area contributed by atoms with Crippen LogP contribution in [0.25, 0.3) is 0 Å². The number of hydrogen-bond donors (Lipinski definition) is 3. The zero-order valence-corrected chi connectivity index (χ0v) is 18.6. The standard InChI is InChI=1S/C21H17AsN4O3S/c1-14-17(22)8-5-9-18(14)24-21(27)25-19-11-10-15(13-23)12-20(19)26-30(28,29)16-6-3-2-4-7-16/h2-12,26H,1H3,(H2,24,25,27). The van der Waals surface area contributed by atoms with Gasteiger partial charge in [0.05, 0.1) is 0 Å². The fourth-order valence-corrected chi connectivity index (χ4v) is 4.17. The van der Waals surface area contributed by atoms with Crippen molar-refractivity contribution in [1.82, 2.24) is 0 Å². The molecule has 3 aromatic carbocycles. The Balaban J connectivity index is 1.87. The van der Waals surface area contributed by atoms with E-state index in [1.165, 1.54) is 30.3 Å². The first-order valence-electron chi connectivity index (χ1n) is 8.79. The van der Waals surface area contributed by atoms with Gasteiger partial charge in [-0.25, -0.2) is 0 Å². The molecule has 0 aliphatic heterocycles. The van der Waals surface area contributed by atoms with Crippen molar-refractivity contribution in [3.8, 4) is 6.07 Å². The Kier molecular flexibility index (Phi) is 6.46. The number of benzene rings is 3. The van der Waals surface area contributed by atoms with Crippen molar-refractivity contribution >= 4 is 54.3 Å². The first kappa shape index (κ1) is 21.4. The van der Waals surface area contributed by atoms with Crippen LogP contribution >= 0.6 is 0 Å². The molecule has 3 N–H and O–H groups in total. The maximum absolute atomic E-state index is 12.7. The molecular formula is C21H17AsN4O3S. The van der Waals surface area contributed by atoms with Crippen LogP contribution in [0.4, 0.5) is 21.9 Å². The Bertz CT molecular complexity index is 1240. The molecular weight excluding hydrogens is 463 g/mol. The fourth-order valence-electron chi connectivity index (χ4n) is 2.65. The van der Waals surface area contributed by atoms with E-state index in [2.05, 4.69) is 32.2 Å². The molecule has 0 spiro atoms. The zero-order chi connectivity index (χ0) is 21.7. The predicted octanol–water partition coefficient (Wildman–Crippen LogP) is 3.11. The third kappa shape index (κ3) is 5.01. The van der Waals surface area contributed by atoms with Crippen molar-refractivity contribution in [3.05, 3.63) is 77.9 Å². The summed E-state index contributed by atoms with van der Waals surface area (Å²) in [5, 5.41) is 14.6. The van der Waals surface area contributed by atoms with Gasteiger partial charge in [0.1, 0.15) is 0 Å². The molecule has 3 rings (SSSR count). The van der Waals surface area contributed by atoms with E-state index >= 15 is 0 Å². The van der Waals surface area contributed by atoms with Crippen LogP contribution < -0.4 is 19.7 Å². The van der Waals surface area contributed by atoms with E-state index in [0.29, 0.717) is 5.69 Å². The molecule has 2 amide bonds. The minimum absolute atomic E-state index is 0.0660. The molecule has 0 unspecified atom stereocenters. The third-order valence-corrected chi connectivity index (χ3v) is 6.65. The summed E-state index contributed by atoms with van der Waals surface area (Å²) in [6.07, 6.45) is 0. The van der Waals surface area contributed by atoms with Gasteiger partial charge in [-0.2, -0.15) is 0 Å². The molecule has 0 aromatic heterocycles. The number of carbonyl (C=O) groups excluding carboxylic acids is 1. The predicted molar refractivity (Wildman–Crippen MR) is 118 cm³/mol. The number of carbonyl (C=O) groups is 1. The van der Waals surface area contributed by atoms with E-state index in [0.717, 1.165) is 9.91 Å². The number of nitrogens with one attached hydrogen (secondary N) is 3. The maximum atomic E-state index is 12.7. The number of sulfonamides is 1. The van der Waals surface area contributed by atoms with Gasteiger partial charge in [0.25, 0.3) is 0 Å². The topological polar surface area (TPSA) is 111 Å². The van der Waals surface area contributed by atoms with Crippen molar-refractivity contribution < 1.29 is 13.2 Å². The Labute approximate surface area is 183 Å². The van der Waals surface area contributed by atoms with Crippen LogP contribution in [-0.4, -0.2) is 31.3 Å². The van der Waals surface area contributed by atoms with Gasteiger partial charge >= 0.3 is 166 Å². The summed E-state index contributed by atoms with van der Waals surface area (Å²) in [7, 11) is -3.90. The van der Waals surface area contributed by atoms with Gasteiger partial charge in [-0.1, -0.05) is 18.2 Å². The smallest absolute Gasteiger partial charge is 0.0622 e. The number of nitrogens with zero attached hydrogens (tertiary/aromatic N) is 1. The summed E-state index contributed by atoms with van der Waals surface area (Å²) >= 11 is 2.43. The quantitative estimate of drug-likeness (QED) is 0.488. The van der Waals surface area contributed by atoms with Crippen molar-refractivity contribution in [3.63, 3.8) is 0 Å². The number of anilines is 3. The summed E-state index contributed by atoms with van der Waals surface area (Å²) in [4.78, 5) is 12.6. The Morgan fingerprint density at radius 1 is 0.933 bits per heavy atom. The molecule has 0 saturated heterocycles. The van der Waals surface area contributed by atoms with Gasteiger partial charge in [-0.05, 0) is 0 Å². The molecule has 150 valence electrons. The van der Waals surface area contributed by atoms with Crippen molar-refractivity contribution in [2.45, 2.75) is 11.8 Å². The van der Waals surface area contributed by atoms with E-state index in [9.17, 15) is 18.5 Å². The number of urea groups is 1. The van der Waals surface area contributed by atoms with Crippen LogP contribution in [0.3, 0.4) is 0 Å². The molecule has 0 bridgehead atoms. The van der Waals surface area contributed by atoms with Crippen molar-refractivity contribution in [2.75, 3.05) is 15.4 Å². The normalized spacial score (nSPS) is 10.7. The molecule has 0 atom stereocenters. The van der Waals surface area contributed by atoms with Crippen molar-refractivity contribution in [2.24, 2.45) is 0 Å². The summed E-state index contributed by atoms with van der Waals surface area (Å²) in [6.45, 7) is 1.88. The summed E-state index contributed by atoms with van der Waals surface area (Å²) in [5.41, 5.74) is 2.08. The van der Waals surface area contributed by atoms with E-state index in [-0.39, 0.29) is 21.8 Å². The molecule has 0 heterocycles. The van der Waals surface area contributed by atoms with E-state index < -0.39 is 16.1 Å². The van der Waals surface area contributed by atoms with Crippen LogP contribution in [-0.2, 0) is 10.0 Å². The third-order valence-electron chi connectivity index (χ3n) is 4.25. The molecule has 9 heteroatoms. The molecule has 30 heavy (non-hydrogen) atoms. The average molecular weight is 480 g/mol. The molecule has 0 aliphatic carbocycles. The SMILES string of the molecule is Cc1c([As])cccc1NC(=O)Nc1ccc(C#N)cc1NS(=O)(=O)c1ccccc1. The zero-order valence-electron chi connectivity index (χ0n) is 15.9. The Morgan fingerprint density at radius 2 is 1.63 bits per heavy atom. The second kappa shape index (κ2) is 9.04. The molecule has 7 nitrogen and oxygen atoms in total. The van der Waals surface area contributed by atoms with Crippen LogP contribution in [0, 0.1) is 18.3 Å². The number of rotatable bonds is 5. The minimum atomic E-state index is -3.90. The Morgan fingerprint density at radius 3 is 2.33 bits per heavy atom. The molecule has 2 radical (unpaired) electrons. The summed E-state index contributed by atoms with van der Waals surface area (Å²) in [5.74, 6) is 0. The molecule has 0 saturated carbocycles. The van der Waals surface area contributed by atoms with E-state index in [4.69, 9.17) is 0 Å². The van der Waals surface area contributed by atoms with Crippen LogP contribution in [0.5, 0.6) is 0 Å². The van der Waals surface area contributed by atoms with E-state index in [1.807, 2.05) is 25.1 Å². The van der Waals surface area contributed by atoms with Gasteiger partial charge in [0, 0.05) is 0 Å². The average Bonchev–Trinajstić information content (AvgIpc) is 2.73.